The Labute approximate surface area is 110 Å². The molecule has 2 rings (SSSR count). The summed E-state index contributed by atoms with van der Waals surface area (Å²) < 4.78 is 0. The minimum Gasteiger partial charge on any atom is -0.393 e. The van der Waals surface area contributed by atoms with Gasteiger partial charge >= 0.3 is 0 Å². The summed E-state index contributed by atoms with van der Waals surface area (Å²) in [5, 5.41) is 15.6. The molecule has 0 aromatic heterocycles. The lowest BCUT2D eigenvalue weighted by Crippen LogP contribution is -2.55. The summed E-state index contributed by atoms with van der Waals surface area (Å²) in [6.45, 7) is 2.32. The zero-order chi connectivity index (χ0) is 13.0. The van der Waals surface area contributed by atoms with E-state index in [-0.39, 0.29) is 18.1 Å². The fourth-order valence-corrected chi connectivity index (χ4v) is 3.23. The van der Waals surface area contributed by atoms with Crippen molar-refractivity contribution in [1.82, 2.24) is 10.6 Å². The van der Waals surface area contributed by atoms with Crippen LogP contribution in [-0.4, -0.2) is 35.7 Å². The Morgan fingerprint density at radius 3 is 2.89 bits per heavy atom. The van der Waals surface area contributed by atoms with Gasteiger partial charge in [0.15, 0.2) is 0 Å². The molecule has 1 aliphatic heterocycles. The predicted octanol–water partition coefficient (Wildman–Crippen LogP) is 1.18. The van der Waals surface area contributed by atoms with Crippen LogP contribution in [0, 0.1) is 5.92 Å². The summed E-state index contributed by atoms with van der Waals surface area (Å²) in [5.74, 6) is 0.903. The van der Waals surface area contributed by atoms with Gasteiger partial charge in [-0.2, -0.15) is 0 Å². The highest BCUT2D eigenvalue weighted by atomic mass is 16.3. The van der Waals surface area contributed by atoms with Gasteiger partial charge in [0, 0.05) is 12.6 Å². The number of hydrogen-bond donors (Lipinski definition) is 3. The lowest BCUT2D eigenvalue weighted by atomic mass is 9.77. The Balaban J connectivity index is 1.74. The molecule has 4 heteroatoms. The Hall–Kier alpha value is -0.610. The highest BCUT2D eigenvalue weighted by Gasteiger charge is 2.34. The lowest BCUT2D eigenvalue weighted by Gasteiger charge is -2.39. The number of carbonyl (C=O) groups excluding carboxylic acids is 1. The molecule has 4 nitrogen and oxygen atoms in total. The van der Waals surface area contributed by atoms with Crippen LogP contribution in [0.2, 0.25) is 0 Å². The molecule has 4 atom stereocenters. The van der Waals surface area contributed by atoms with Crippen LogP contribution in [0.1, 0.15) is 51.9 Å². The van der Waals surface area contributed by atoms with E-state index in [1.807, 2.05) is 0 Å². The Morgan fingerprint density at radius 1 is 1.33 bits per heavy atom. The molecule has 1 aliphatic carbocycles. The van der Waals surface area contributed by atoms with Gasteiger partial charge in [-0.05, 0) is 44.9 Å². The van der Waals surface area contributed by atoms with Crippen molar-refractivity contribution in [1.29, 1.82) is 0 Å². The Morgan fingerprint density at radius 2 is 2.11 bits per heavy atom. The van der Waals surface area contributed by atoms with Crippen molar-refractivity contribution in [2.75, 3.05) is 6.54 Å². The van der Waals surface area contributed by atoms with Crippen LogP contribution in [0.5, 0.6) is 0 Å². The van der Waals surface area contributed by atoms with Gasteiger partial charge in [-0.1, -0.05) is 12.8 Å². The van der Waals surface area contributed by atoms with Crippen molar-refractivity contribution in [3.05, 3.63) is 0 Å². The molecule has 0 aromatic carbocycles. The highest BCUT2D eigenvalue weighted by Crippen LogP contribution is 2.32. The fourth-order valence-electron chi connectivity index (χ4n) is 3.23. The number of amides is 1. The largest absolute Gasteiger partial charge is 0.393 e. The van der Waals surface area contributed by atoms with Gasteiger partial charge in [0.25, 0.3) is 0 Å². The van der Waals surface area contributed by atoms with Crippen molar-refractivity contribution in [3.63, 3.8) is 0 Å². The molecular weight excluding hydrogens is 228 g/mol. The van der Waals surface area contributed by atoms with E-state index < -0.39 is 0 Å². The maximum atomic E-state index is 12.0. The molecule has 4 unspecified atom stereocenters. The third-order valence-corrected chi connectivity index (χ3v) is 4.33. The van der Waals surface area contributed by atoms with Crippen LogP contribution in [0.15, 0.2) is 0 Å². The SMILES string of the molecule is CC(O)CCNC(=O)C1CCC2CCCCC2N1. The monoisotopic (exact) mass is 254 g/mol. The van der Waals surface area contributed by atoms with Crippen molar-refractivity contribution in [2.24, 2.45) is 5.92 Å². The number of fused-ring (bicyclic) bond motifs is 1. The predicted molar refractivity (Wildman–Crippen MR) is 71.2 cm³/mol. The maximum absolute atomic E-state index is 12.0. The number of aliphatic hydroxyl groups excluding tert-OH is 1. The molecule has 1 heterocycles. The quantitative estimate of drug-likeness (QED) is 0.706. The van der Waals surface area contributed by atoms with E-state index >= 15 is 0 Å². The van der Waals surface area contributed by atoms with E-state index in [2.05, 4.69) is 10.6 Å². The first-order valence-corrected chi connectivity index (χ1v) is 7.38. The number of nitrogens with one attached hydrogen (secondary N) is 2. The number of carbonyl (C=O) groups is 1. The van der Waals surface area contributed by atoms with Crippen LogP contribution in [-0.2, 0) is 4.79 Å². The normalized spacial score (nSPS) is 33.6. The van der Waals surface area contributed by atoms with Gasteiger partial charge in [-0.25, -0.2) is 0 Å². The van der Waals surface area contributed by atoms with Crippen molar-refractivity contribution in [2.45, 2.75) is 70.1 Å². The molecule has 3 N–H and O–H groups in total. The van der Waals surface area contributed by atoms with Gasteiger partial charge < -0.3 is 15.7 Å². The lowest BCUT2D eigenvalue weighted by molar-refractivity contribution is -0.124. The molecule has 2 aliphatic rings. The first kappa shape index (κ1) is 13.8. The second-order valence-electron chi connectivity index (χ2n) is 5.88. The average Bonchev–Trinajstić information content (AvgIpc) is 2.37. The maximum Gasteiger partial charge on any atom is 0.237 e. The second kappa shape index (κ2) is 6.53. The summed E-state index contributed by atoms with van der Waals surface area (Å²) in [5.41, 5.74) is 0. The van der Waals surface area contributed by atoms with Gasteiger partial charge in [0.1, 0.15) is 0 Å². The van der Waals surface area contributed by atoms with Gasteiger partial charge in [0.2, 0.25) is 5.91 Å². The van der Waals surface area contributed by atoms with E-state index in [0.717, 1.165) is 12.3 Å². The van der Waals surface area contributed by atoms with E-state index in [4.69, 9.17) is 5.11 Å². The van der Waals surface area contributed by atoms with E-state index in [9.17, 15) is 4.79 Å². The number of piperidine rings is 1. The second-order valence-corrected chi connectivity index (χ2v) is 5.88. The summed E-state index contributed by atoms with van der Waals surface area (Å²) >= 11 is 0. The van der Waals surface area contributed by atoms with Crippen LogP contribution >= 0.6 is 0 Å². The molecule has 18 heavy (non-hydrogen) atoms. The summed E-state index contributed by atoms with van der Waals surface area (Å²) in [6.07, 6.45) is 7.64. The molecule has 1 saturated carbocycles. The topological polar surface area (TPSA) is 61.4 Å². The smallest absolute Gasteiger partial charge is 0.237 e. The van der Waals surface area contributed by atoms with Gasteiger partial charge in [-0.3, -0.25) is 4.79 Å². The van der Waals surface area contributed by atoms with Gasteiger partial charge in [0.05, 0.1) is 12.1 Å². The first-order chi connectivity index (χ1) is 8.66. The van der Waals surface area contributed by atoms with Crippen LogP contribution in [0.4, 0.5) is 0 Å². The highest BCUT2D eigenvalue weighted by molar-refractivity contribution is 5.81. The third-order valence-electron chi connectivity index (χ3n) is 4.33. The molecule has 0 bridgehead atoms. The number of aliphatic hydroxyl groups is 1. The number of hydrogen-bond acceptors (Lipinski definition) is 3. The molecule has 2 fully saturated rings. The van der Waals surface area contributed by atoms with Gasteiger partial charge in [-0.15, -0.1) is 0 Å². The van der Waals surface area contributed by atoms with Crippen LogP contribution in [0.3, 0.4) is 0 Å². The molecule has 0 radical (unpaired) electrons. The minimum absolute atomic E-state index is 0.0154. The molecule has 1 amide bonds. The molecule has 104 valence electrons. The van der Waals surface area contributed by atoms with E-state index in [1.54, 1.807) is 6.92 Å². The zero-order valence-electron chi connectivity index (χ0n) is 11.3. The minimum atomic E-state index is -0.340. The van der Waals surface area contributed by atoms with Crippen molar-refractivity contribution >= 4 is 5.91 Å². The first-order valence-electron chi connectivity index (χ1n) is 7.38. The van der Waals surface area contributed by atoms with Crippen LogP contribution < -0.4 is 10.6 Å². The molecule has 0 aromatic rings. The summed E-state index contributed by atoms with van der Waals surface area (Å²) in [7, 11) is 0. The van der Waals surface area contributed by atoms with Crippen LogP contribution in [0.25, 0.3) is 0 Å². The summed E-state index contributed by atoms with van der Waals surface area (Å²) in [4.78, 5) is 12.0. The summed E-state index contributed by atoms with van der Waals surface area (Å²) in [6, 6.07) is 0.540. The van der Waals surface area contributed by atoms with Crippen molar-refractivity contribution < 1.29 is 9.90 Å². The molecule has 0 spiro atoms. The number of rotatable bonds is 4. The zero-order valence-corrected chi connectivity index (χ0v) is 11.3. The van der Waals surface area contributed by atoms with Crippen molar-refractivity contribution in [3.8, 4) is 0 Å². The third kappa shape index (κ3) is 3.69. The Bertz CT molecular complexity index is 281. The average molecular weight is 254 g/mol. The van der Waals surface area contributed by atoms with E-state index in [0.29, 0.717) is 19.0 Å². The molecule has 1 saturated heterocycles. The molecular formula is C14H26N2O2. The standard InChI is InChI=1S/C14H26N2O2/c1-10(17)8-9-15-14(18)13-7-6-11-4-2-3-5-12(11)16-13/h10-13,16-17H,2-9H2,1H3,(H,15,18). The Kier molecular flexibility index (Phi) is 5.01. The fraction of sp³-hybridized carbons (Fsp3) is 0.929. The van der Waals surface area contributed by atoms with E-state index in [1.165, 1.54) is 32.1 Å².